The van der Waals surface area contributed by atoms with Crippen LogP contribution in [0.4, 0.5) is 0 Å². The summed E-state index contributed by atoms with van der Waals surface area (Å²) in [6.07, 6.45) is 0. The van der Waals surface area contributed by atoms with Gasteiger partial charge in [0.25, 0.3) is 5.91 Å². The van der Waals surface area contributed by atoms with Crippen molar-refractivity contribution in [2.75, 3.05) is 0 Å². The highest BCUT2D eigenvalue weighted by Gasteiger charge is 2.20. The van der Waals surface area contributed by atoms with Crippen LogP contribution in [0.15, 0.2) is 18.2 Å². The van der Waals surface area contributed by atoms with Gasteiger partial charge in [-0.05, 0) is 23.8 Å². The highest BCUT2D eigenvalue weighted by Crippen LogP contribution is 2.21. The average molecular weight is 193 g/mol. The SMILES string of the molecule is O=C1NCc2cc(OB(O)O)ccc21. The fourth-order valence-electron chi connectivity index (χ4n) is 1.40. The zero-order valence-corrected chi connectivity index (χ0v) is 7.23. The number of fused-ring (bicyclic) bond motifs is 1. The molecule has 0 atom stereocenters. The third-order valence-electron chi connectivity index (χ3n) is 2.00. The second-order valence-electron chi connectivity index (χ2n) is 2.95. The smallest absolute Gasteiger partial charge is 0.512 e. The Labute approximate surface area is 80.5 Å². The molecule has 0 bridgehead atoms. The van der Waals surface area contributed by atoms with Crippen LogP contribution in [0.3, 0.4) is 0 Å². The number of nitrogens with one attached hydrogen (secondary N) is 1. The number of carbonyl (C=O) groups excluding carboxylic acids is 1. The van der Waals surface area contributed by atoms with E-state index in [2.05, 4.69) is 9.97 Å². The van der Waals surface area contributed by atoms with Crippen molar-refractivity contribution < 1.29 is 19.5 Å². The molecule has 0 saturated carbocycles. The van der Waals surface area contributed by atoms with Gasteiger partial charge in [0.15, 0.2) is 0 Å². The molecule has 14 heavy (non-hydrogen) atoms. The zero-order valence-electron chi connectivity index (χ0n) is 7.23. The Balaban J connectivity index is 2.28. The summed E-state index contributed by atoms with van der Waals surface area (Å²) >= 11 is 0. The van der Waals surface area contributed by atoms with Crippen molar-refractivity contribution in [3.63, 3.8) is 0 Å². The van der Waals surface area contributed by atoms with Crippen molar-refractivity contribution in [3.8, 4) is 5.75 Å². The Kier molecular flexibility index (Phi) is 2.15. The molecule has 1 aromatic rings. The van der Waals surface area contributed by atoms with Gasteiger partial charge in [-0.2, -0.15) is 0 Å². The summed E-state index contributed by atoms with van der Waals surface area (Å²) in [5.74, 6) is 0.214. The second-order valence-corrected chi connectivity index (χ2v) is 2.95. The molecule has 1 amide bonds. The third-order valence-corrected chi connectivity index (χ3v) is 2.00. The van der Waals surface area contributed by atoms with E-state index in [1.54, 1.807) is 12.1 Å². The molecule has 6 heteroatoms. The molecule has 0 spiro atoms. The summed E-state index contributed by atoms with van der Waals surface area (Å²) in [6, 6.07) is 4.71. The summed E-state index contributed by atoms with van der Waals surface area (Å²) < 4.78 is 4.65. The fraction of sp³-hybridized carbons (Fsp3) is 0.125. The van der Waals surface area contributed by atoms with Gasteiger partial charge >= 0.3 is 7.32 Å². The Bertz CT molecular complexity index is 380. The Morgan fingerprint density at radius 2 is 2.21 bits per heavy atom. The van der Waals surface area contributed by atoms with Gasteiger partial charge in [0.2, 0.25) is 0 Å². The zero-order chi connectivity index (χ0) is 10.1. The molecule has 72 valence electrons. The number of amides is 1. The fourth-order valence-corrected chi connectivity index (χ4v) is 1.40. The van der Waals surface area contributed by atoms with E-state index in [1.165, 1.54) is 6.07 Å². The van der Waals surface area contributed by atoms with Crippen LogP contribution in [0.25, 0.3) is 0 Å². The minimum Gasteiger partial charge on any atom is -0.512 e. The molecule has 1 heterocycles. The number of hydrogen-bond donors (Lipinski definition) is 3. The first kappa shape index (κ1) is 9.05. The number of benzene rings is 1. The van der Waals surface area contributed by atoms with Gasteiger partial charge in [-0.25, -0.2) is 0 Å². The molecular formula is C8H8BNO4. The van der Waals surface area contributed by atoms with Crippen molar-refractivity contribution in [3.05, 3.63) is 29.3 Å². The van der Waals surface area contributed by atoms with E-state index in [1.807, 2.05) is 0 Å². The number of hydrogen-bond acceptors (Lipinski definition) is 4. The van der Waals surface area contributed by atoms with Gasteiger partial charge in [0.1, 0.15) is 5.75 Å². The second kappa shape index (κ2) is 3.32. The van der Waals surface area contributed by atoms with E-state index in [0.717, 1.165) is 5.56 Å². The van der Waals surface area contributed by atoms with E-state index in [-0.39, 0.29) is 5.91 Å². The molecule has 5 nitrogen and oxygen atoms in total. The van der Waals surface area contributed by atoms with Crippen LogP contribution in [0.5, 0.6) is 5.75 Å². The highest BCUT2D eigenvalue weighted by molar-refractivity contribution is 6.33. The van der Waals surface area contributed by atoms with Crippen molar-refractivity contribution in [1.82, 2.24) is 5.32 Å². The molecule has 0 saturated heterocycles. The first-order valence-corrected chi connectivity index (χ1v) is 4.11. The summed E-state index contributed by atoms with van der Waals surface area (Å²) in [7, 11) is -1.84. The van der Waals surface area contributed by atoms with Gasteiger partial charge in [-0.15, -0.1) is 0 Å². The van der Waals surface area contributed by atoms with Crippen LogP contribution in [-0.4, -0.2) is 23.3 Å². The topological polar surface area (TPSA) is 78.8 Å². The molecule has 0 aliphatic carbocycles. The van der Waals surface area contributed by atoms with Crippen molar-refractivity contribution in [2.45, 2.75) is 6.54 Å². The predicted octanol–water partition coefficient (Wildman–Crippen LogP) is -0.722. The van der Waals surface area contributed by atoms with E-state index in [9.17, 15) is 4.79 Å². The van der Waals surface area contributed by atoms with Gasteiger partial charge < -0.3 is 20.0 Å². The summed E-state index contributed by atoms with van der Waals surface area (Å²) in [5, 5.41) is 19.8. The lowest BCUT2D eigenvalue weighted by Crippen LogP contribution is -2.20. The maximum Gasteiger partial charge on any atom is 0.707 e. The van der Waals surface area contributed by atoms with Crippen molar-refractivity contribution in [1.29, 1.82) is 0 Å². The Morgan fingerprint density at radius 1 is 1.43 bits per heavy atom. The van der Waals surface area contributed by atoms with E-state index < -0.39 is 7.32 Å². The van der Waals surface area contributed by atoms with Crippen LogP contribution >= 0.6 is 0 Å². The van der Waals surface area contributed by atoms with Crippen LogP contribution < -0.4 is 9.97 Å². The highest BCUT2D eigenvalue weighted by atomic mass is 16.6. The maximum atomic E-state index is 11.1. The Morgan fingerprint density at radius 3 is 2.93 bits per heavy atom. The first-order valence-electron chi connectivity index (χ1n) is 4.11. The van der Waals surface area contributed by atoms with Crippen LogP contribution in [0.1, 0.15) is 15.9 Å². The third kappa shape index (κ3) is 1.57. The van der Waals surface area contributed by atoms with E-state index in [4.69, 9.17) is 10.0 Å². The maximum absolute atomic E-state index is 11.1. The summed E-state index contributed by atoms with van der Waals surface area (Å²) in [6.45, 7) is 0.451. The lowest BCUT2D eigenvalue weighted by Gasteiger charge is -2.05. The molecule has 0 unspecified atom stereocenters. The number of carbonyl (C=O) groups is 1. The number of rotatable bonds is 2. The summed E-state index contributed by atoms with van der Waals surface area (Å²) in [4.78, 5) is 11.1. The predicted molar refractivity (Wildman–Crippen MR) is 48.4 cm³/mol. The van der Waals surface area contributed by atoms with E-state index in [0.29, 0.717) is 17.9 Å². The van der Waals surface area contributed by atoms with Crippen LogP contribution in [-0.2, 0) is 6.54 Å². The average Bonchev–Trinajstić information content (AvgIpc) is 2.46. The molecule has 1 aromatic carbocycles. The largest absolute Gasteiger partial charge is 0.707 e. The van der Waals surface area contributed by atoms with Crippen LogP contribution in [0, 0.1) is 0 Å². The minimum absolute atomic E-state index is 0.115. The molecule has 3 N–H and O–H groups in total. The van der Waals surface area contributed by atoms with Crippen molar-refractivity contribution in [2.24, 2.45) is 0 Å². The standard InChI is InChI=1S/C8H8BNO4/c11-8-7-2-1-6(14-9(12)13)3-5(7)4-10-8/h1-3,12-13H,4H2,(H,10,11). The first-order chi connectivity index (χ1) is 6.66. The van der Waals surface area contributed by atoms with Gasteiger partial charge in [-0.1, -0.05) is 0 Å². The molecular weight excluding hydrogens is 185 g/mol. The molecule has 1 aliphatic heterocycles. The van der Waals surface area contributed by atoms with Crippen LogP contribution in [0.2, 0.25) is 0 Å². The lowest BCUT2D eigenvalue weighted by atomic mass is 10.1. The summed E-state index contributed by atoms with van der Waals surface area (Å²) in [5.41, 5.74) is 1.40. The minimum atomic E-state index is -1.84. The van der Waals surface area contributed by atoms with Gasteiger partial charge in [0.05, 0.1) is 0 Å². The molecule has 0 radical (unpaired) electrons. The lowest BCUT2D eigenvalue weighted by molar-refractivity contribution is 0.0966. The molecule has 0 aromatic heterocycles. The Hall–Kier alpha value is -1.53. The molecule has 2 rings (SSSR count). The normalized spacial score (nSPS) is 13.4. The quantitative estimate of drug-likeness (QED) is 0.541. The monoisotopic (exact) mass is 193 g/mol. The van der Waals surface area contributed by atoms with E-state index >= 15 is 0 Å². The molecule has 1 aliphatic rings. The van der Waals surface area contributed by atoms with Crippen molar-refractivity contribution >= 4 is 13.2 Å². The van der Waals surface area contributed by atoms with Gasteiger partial charge in [0, 0.05) is 12.1 Å². The molecule has 0 fully saturated rings. The van der Waals surface area contributed by atoms with Gasteiger partial charge in [-0.3, -0.25) is 4.79 Å².